The van der Waals surface area contributed by atoms with Crippen molar-refractivity contribution >= 4 is 6.09 Å². The molecule has 0 heterocycles. The smallest absolute Gasteiger partial charge is 0.407 e. The number of rotatable bonds is 10. The van der Waals surface area contributed by atoms with Crippen LogP contribution >= 0.6 is 0 Å². The molecule has 0 saturated carbocycles. The molecule has 0 aliphatic rings. The number of carbonyl (C=O) groups excluding carboxylic acids is 1. The molecule has 0 spiro atoms. The molecule has 30 heavy (non-hydrogen) atoms. The van der Waals surface area contributed by atoms with Gasteiger partial charge in [0.2, 0.25) is 0 Å². The van der Waals surface area contributed by atoms with Gasteiger partial charge in [-0.2, -0.15) is 0 Å². The summed E-state index contributed by atoms with van der Waals surface area (Å²) in [6, 6.07) is 28.8. The maximum absolute atomic E-state index is 12.4. The van der Waals surface area contributed by atoms with E-state index < -0.39 is 18.2 Å². The minimum Gasteiger partial charge on any atom is -0.445 e. The Morgan fingerprint density at radius 1 is 0.800 bits per heavy atom. The van der Waals surface area contributed by atoms with E-state index in [2.05, 4.69) is 10.6 Å². The summed E-state index contributed by atoms with van der Waals surface area (Å²) in [6.45, 7) is 1.19. The molecule has 0 aromatic heterocycles. The second-order valence-electron chi connectivity index (χ2n) is 7.19. The molecule has 1 amide bonds. The second-order valence-corrected chi connectivity index (χ2v) is 7.19. The van der Waals surface area contributed by atoms with Crippen molar-refractivity contribution in [2.45, 2.75) is 31.7 Å². The Balaban J connectivity index is 1.55. The van der Waals surface area contributed by atoms with Crippen LogP contribution in [0.3, 0.4) is 0 Å². The summed E-state index contributed by atoms with van der Waals surface area (Å²) in [4.78, 5) is 12.4. The van der Waals surface area contributed by atoms with E-state index in [9.17, 15) is 9.90 Å². The van der Waals surface area contributed by atoms with Gasteiger partial charge in [0.1, 0.15) is 6.61 Å². The van der Waals surface area contributed by atoms with Crippen LogP contribution < -0.4 is 10.6 Å². The fourth-order valence-electron chi connectivity index (χ4n) is 3.17. The maximum atomic E-state index is 12.4. The van der Waals surface area contributed by atoms with Crippen LogP contribution in [0.2, 0.25) is 0 Å². The van der Waals surface area contributed by atoms with Crippen LogP contribution in [0.4, 0.5) is 4.79 Å². The third kappa shape index (κ3) is 7.35. The Hall–Kier alpha value is -3.15. The summed E-state index contributed by atoms with van der Waals surface area (Å²) >= 11 is 0. The predicted octanol–water partition coefficient (Wildman–Crippen LogP) is 3.67. The van der Waals surface area contributed by atoms with Crippen molar-refractivity contribution in [3.63, 3.8) is 0 Å². The zero-order chi connectivity index (χ0) is 21.0. The van der Waals surface area contributed by atoms with Crippen molar-refractivity contribution in [1.82, 2.24) is 10.6 Å². The number of carbonyl (C=O) groups is 1. The minimum atomic E-state index is -0.766. The summed E-state index contributed by atoms with van der Waals surface area (Å²) in [5, 5.41) is 16.8. The van der Waals surface area contributed by atoms with E-state index in [1.165, 1.54) is 0 Å². The van der Waals surface area contributed by atoms with Gasteiger partial charge in [-0.25, -0.2) is 4.79 Å². The number of amides is 1. The monoisotopic (exact) mass is 404 g/mol. The molecule has 0 fully saturated rings. The summed E-state index contributed by atoms with van der Waals surface area (Å²) in [5.74, 6) is 0. The van der Waals surface area contributed by atoms with Crippen molar-refractivity contribution in [2.24, 2.45) is 0 Å². The standard InChI is InChI=1S/C25H28N2O3/c28-24(18-26-17-21-12-6-2-7-13-21)23(16-20-10-4-1-5-11-20)27-25(29)30-19-22-14-8-3-9-15-22/h1-15,23-24,26,28H,16-19H2,(H,27,29)/t23?,24-/m1/s1. The molecule has 156 valence electrons. The maximum Gasteiger partial charge on any atom is 0.407 e. The molecule has 1 unspecified atom stereocenters. The van der Waals surface area contributed by atoms with Crippen LogP contribution in [-0.2, 0) is 24.3 Å². The molecule has 5 nitrogen and oxygen atoms in total. The van der Waals surface area contributed by atoms with Crippen molar-refractivity contribution in [3.8, 4) is 0 Å². The normalized spacial score (nSPS) is 12.7. The zero-order valence-corrected chi connectivity index (χ0v) is 16.9. The first-order chi connectivity index (χ1) is 14.7. The quantitative estimate of drug-likeness (QED) is 0.482. The van der Waals surface area contributed by atoms with Crippen molar-refractivity contribution in [1.29, 1.82) is 0 Å². The molecule has 0 bridgehead atoms. The lowest BCUT2D eigenvalue weighted by Gasteiger charge is -2.24. The minimum absolute atomic E-state index is 0.188. The largest absolute Gasteiger partial charge is 0.445 e. The third-order valence-corrected chi connectivity index (χ3v) is 4.80. The molecule has 5 heteroatoms. The Morgan fingerprint density at radius 3 is 1.93 bits per heavy atom. The number of alkyl carbamates (subject to hydrolysis) is 1. The number of aliphatic hydroxyl groups is 1. The van der Waals surface area contributed by atoms with Crippen LogP contribution in [0.5, 0.6) is 0 Å². The van der Waals surface area contributed by atoms with Gasteiger partial charge >= 0.3 is 6.09 Å². The lowest BCUT2D eigenvalue weighted by atomic mass is 10.0. The molecule has 3 N–H and O–H groups in total. The molecule has 3 aromatic carbocycles. The highest BCUT2D eigenvalue weighted by Gasteiger charge is 2.22. The summed E-state index contributed by atoms with van der Waals surface area (Å²) in [7, 11) is 0. The average Bonchev–Trinajstić information content (AvgIpc) is 2.79. The SMILES string of the molecule is O=C(NC(Cc1ccccc1)[C@H](O)CNCc1ccccc1)OCc1ccccc1. The Bertz CT molecular complexity index is 873. The van der Waals surface area contributed by atoms with Gasteiger partial charge < -0.3 is 20.5 Å². The van der Waals surface area contributed by atoms with Crippen molar-refractivity contribution < 1.29 is 14.6 Å². The van der Waals surface area contributed by atoms with E-state index in [0.29, 0.717) is 19.5 Å². The Kier molecular flexibility index (Phi) is 8.45. The van der Waals surface area contributed by atoms with Gasteiger partial charge in [-0.1, -0.05) is 91.0 Å². The van der Waals surface area contributed by atoms with Crippen LogP contribution in [0.1, 0.15) is 16.7 Å². The van der Waals surface area contributed by atoms with Crippen molar-refractivity contribution in [2.75, 3.05) is 6.54 Å². The van der Waals surface area contributed by atoms with Gasteiger partial charge in [0.15, 0.2) is 0 Å². The first-order valence-corrected chi connectivity index (χ1v) is 10.1. The number of hydrogen-bond donors (Lipinski definition) is 3. The van der Waals surface area contributed by atoms with Gasteiger partial charge in [-0.15, -0.1) is 0 Å². The fourth-order valence-corrected chi connectivity index (χ4v) is 3.17. The van der Waals surface area contributed by atoms with Crippen LogP contribution in [-0.4, -0.2) is 29.9 Å². The van der Waals surface area contributed by atoms with E-state index in [0.717, 1.165) is 16.7 Å². The van der Waals surface area contributed by atoms with E-state index in [-0.39, 0.29) is 6.61 Å². The molecule has 2 atom stereocenters. The average molecular weight is 405 g/mol. The Morgan fingerprint density at radius 2 is 1.33 bits per heavy atom. The van der Waals surface area contributed by atoms with Gasteiger partial charge in [-0.05, 0) is 23.1 Å². The van der Waals surface area contributed by atoms with E-state index in [4.69, 9.17) is 4.74 Å². The highest BCUT2D eigenvalue weighted by Crippen LogP contribution is 2.08. The first-order valence-electron chi connectivity index (χ1n) is 10.1. The highest BCUT2D eigenvalue weighted by molar-refractivity contribution is 5.67. The fraction of sp³-hybridized carbons (Fsp3) is 0.240. The summed E-state index contributed by atoms with van der Waals surface area (Å²) < 4.78 is 5.34. The van der Waals surface area contributed by atoms with E-state index in [1.54, 1.807) is 0 Å². The van der Waals surface area contributed by atoms with Gasteiger partial charge in [-0.3, -0.25) is 0 Å². The number of ether oxygens (including phenoxy) is 1. The van der Waals surface area contributed by atoms with Gasteiger partial charge in [0, 0.05) is 13.1 Å². The molecule has 3 rings (SSSR count). The predicted molar refractivity (Wildman–Crippen MR) is 118 cm³/mol. The van der Waals surface area contributed by atoms with Crippen LogP contribution in [0.25, 0.3) is 0 Å². The van der Waals surface area contributed by atoms with Gasteiger partial charge in [0.25, 0.3) is 0 Å². The number of nitrogens with one attached hydrogen (secondary N) is 2. The van der Waals surface area contributed by atoms with Crippen molar-refractivity contribution in [3.05, 3.63) is 108 Å². The van der Waals surface area contributed by atoms with Crippen LogP contribution in [0.15, 0.2) is 91.0 Å². The number of hydrogen-bond acceptors (Lipinski definition) is 4. The summed E-state index contributed by atoms with van der Waals surface area (Å²) in [6.07, 6.45) is -0.796. The lowest BCUT2D eigenvalue weighted by molar-refractivity contribution is 0.100. The molecule has 0 aliphatic carbocycles. The lowest BCUT2D eigenvalue weighted by Crippen LogP contribution is -2.48. The Labute approximate surface area is 177 Å². The molecule has 0 aliphatic heterocycles. The number of benzene rings is 3. The zero-order valence-electron chi connectivity index (χ0n) is 16.9. The van der Waals surface area contributed by atoms with E-state index >= 15 is 0 Å². The molecule has 0 radical (unpaired) electrons. The third-order valence-electron chi connectivity index (χ3n) is 4.80. The topological polar surface area (TPSA) is 70.6 Å². The number of aliphatic hydroxyl groups excluding tert-OH is 1. The second kappa shape index (κ2) is 11.8. The first kappa shape index (κ1) is 21.6. The summed E-state index contributed by atoms with van der Waals surface area (Å²) in [5.41, 5.74) is 3.09. The molecular weight excluding hydrogens is 376 g/mol. The molecule has 3 aromatic rings. The molecular formula is C25H28N2O3. The molecule has 0 saturated heterocycles. The van der Waals surface area contributed by atoms with E-state index in [1.807, 2.05) is 91.0 Å². The van der Waals surface area contributed by atoms with Crippen LogP contribution in [0, 0.1) is 0 Å². The highest BCUT2D eigenvalue weighted by atomic mass is 16.5. The van der Waals surface area contributed by atoms with Gasteiger partial charge in [0.05, 0.1) is 12.1 Å².